The second-order valence-electron chi connectivity index (χ2n) is 6.80. The van der Waals surface area contributed by atoms with Crippen LogP contribution >= 0.6 is 0 Å². The van der Waals surface area contributed by atoms with E-state index >= 15 is 0 Å². The van der Waals surface area contributed by atoms with Crippen LogP contribution in [0.1, 0.15) is 34.3 Å². The minimum Gasteiger partial charge on any atom is -0.383 e. The van der Waals surface area contributed by atoms with Crippen molar-refractivity contribution in [1.82, 2.24) is 20.2 Å². The molecule has 2 amide bonds. The number of amides is 2. The third-order valence-electron chi connectivity index (χ3n) is 4.75. The molecular weight excluding hydrogens is 344 g/mol. The van der Waals surface area contributed by atoms with Gasteiger partial charge in [0.05, 0.1) is 11.5 Å². The standard InChI is InChI=1S/C19H24N6O2/c20-17-16(9-22-12-24-17)19(27)23-8-13-3-1-4-14(7-13)10-25-6-2-5-15(11-25)18(21)26/h1,3-4,7,9,12,15H,2,5-6,8,10-11H2,(H2,21,26)(H,23,27)(H2,20,22,24). The summed E-state index contributed by atoms with van der Waals surface area (Å²) in [7, 11) is 0. The molecule has 1 saturated heterocycles. The first-order valence-corrected chi connectivity index (χ1v) is 8.96. The average molecular weight is 368 g/mol. The fraction of sp³-hybridized carbons (Fsp3) is 0.368. The molecule has 0 aliphatic carbocycles. The van der Waals surface area contributed by atoms with Crippen LogP contribution < -0.4 is 16.8 Å². The molecule has 5 N–H and O–H groups in total. The zero-order valence-corrected chi connectivity index (χ0v) is 15.1. The summed E-state index contributed by atoms with van der Waals surface area (Å²) < 4.78 is 0. The van der Waals surface area contributed by atoms with Gasteiger partial charge < -0.3 is 16.8 Å². The number of primary amides is 1. The lowest BCUT2D eigenvalue weighted by Crippen LogP contribution is -2.40. The molecule has 1 aliphatic rings. The lowest BCUT2D eigenvalue weighted by atomic mass is 9.97. The third kappa shape index (κ3) is 5.01. The first-order valence-electron chi connectivity index (χ1n) is 8.96. The highest BCUT2D eigenvalue weighted by molar-refractivity contribution is 5.97. The van der Waals surface area contributed by atoms with Crippen LogP contribution in [-0.4, -0.2) is 39.8 Å². The molecule has 0 spiro atoms. The maximum Gasteiger partial charge on any atom is 0.256 e. The second-order valence-corrected chi connectivity index (χ2v) is 6.80. The van der Waals surface area contributed by atoms with Crippen LogP contribution in [0.4, 0.5) is 5.82 Å². The minimum absolute atomic E-state index is 0.0697. The summed E-state index contributed by atoms with van der Waals surface area (Å²) >= 11 is 0. The van der Waals surface area contributed by atoms with Crippen molar-refractivity contribution in [3.8, 4) is 0 Å². The Kier molecular flexibility index (Phi) is 5.97. The van der Waals surface area contributed by atoms with Crippen molar-refractivity contribution >= 4 is 17.6 Å². The number of anilines is 1. The largest absolute Gasteiger partial charge is 0.383 e. The van der Waals surface area contributed by atoms with Gasteiger partial charge in [0.1, 0.15) is 12.1 Å². The van der Waals surface area contributed by atoms with Crippen LogP contribution in [0.2, 0.25) is 0 Å². The monoisotopic (exact) mass is 368 g/mol. The normalized spacial score (nSPS) is 17.4. The molecule has 8 nitrogen and oxygen atoms in total. The molecular formula is C19H24N6O2. The third-order valence-corrected chi connectivity index (χ3v) is 4.75. The molecule has 1 aromatic heterocycles. The summed E-state index contributed by atoms with van der Waals surface area (Å²) in [5, 5.41) is 2.84. The van der Waals surface area contributed by atoms with Crippen LogP contribution in [0.25, 0.3) is 0 Å². The highest BCUT2D eigenvalue weighted by Crippen LogP contribution is 2.19. The van der Waals surface area contributed by atoms with Crippen molar-refractivity contribution in [2.24, 2.45) is 11.7 Å². The van der Waals surface area contributed by atoms with E-state index in [9.17, 15) is 9.59 Å². The van der Waals surface area contributed by atoms with Crippen molar-refractivity contribution in [2.45, 2.75) is 25.9 Å². The lowest BCUT2D eigenvalue weighted by Gasteiger charge is -2.31. The first kappa shape index (κ1) is 18.8. The number of aromatic nitrogens is 2. The summed E-state index contributed by atoms with van der Waals surface area (Å²) in [4.78, 5) is 33.5. The van der Waals surface area contributed by atoms with Crippen LogP contribution in [0, 0.1) is 5.92 Å². The van der Waals surface area contributed by atoms with Crippen LogP contribution in [0.5, 0.6) is 0 Å². The zero-order chi connectivity index (χ0) is 19.2. The Morgan fingerprint density at radius 2 is 2.11 bits per heavy atom. The lowest BCUT2D eigenvalue weighted by molar-refractivity contribution is -0.123. The molecule has 1 aromatic carbocycles. The molecule has 1 unspecified atom stereocenters. The number of hydrogen-bond acceptors (Lipinski definition) is 6. The quantitative estimate of drug-likeness (QED) is 0.688. The van der Waals surface area contributed by atoms with Gasteiger partial charge >= 0.3 is 0 Å². The van der Waals surface area contributed by atoms with E-state index in [4.69, 9.17) is 11.5 Å². The van der Waals surface area contributed by atoms with Gasteiger partial charge in [0.2, 0.25) is 5.91 Å². The van der Waals surface area contributed by atoms with Crippen molar-refractivity contribution in [3.63, 3.8) is 0 Å². The minimum atomic E-state index is -0.307. The number of nitrogens with two attached hydrogens (primary N) is 2. The number of nitrogens with zero attached hydrogens (tertiary/aromatic N) is 3. The van der Waals surface area contributed by atoms with Gasteiger partial charge in [-0.2, -0.15) is 0 Å². The Hall–Kier alpha value is -3.00. The van der Waals surface area contributed by atoms with Crippen LogP contribution in [0.3, 0.4) is 0 Å². The number of carbonyl (C=O) groups excluding carboxylic acids is 2. The van der Waals surface area contributed by atoms with Crippen LogP contribution in [-0.2, 0) is 17.9 Å². The van der Waals surface area contributed by atoms with Gasteiger partial charge in [0, 0.05) is 25.8 Å². The number of benzene rings is 1. The second kappa shape index (κ2) is 8.59. The van der Waals surface area contributed by atoms with E-state index in [1.54, 1.807) is 0 Å². The van der Waals surface area contributed by atoms with Gasteiger partial charge in [-0.25, -0.2) is 9.97 Å². The van der Waals surface area contributed by atoms with Gasteiger partial charge in [-0.3, -0.25) is 14.5 Å². The molecule has 0 radical (unpaired) electrons. The van der Waals surface area contributed by atoms with E-state index in [1.807, 2.05) is 18.2 Å². The van der Waals surface area contributed by atoms with Gasteiger partial charge in [-0.05, 0) is 30.5 Å². The van der Waals surface area contributed by atoms with E-state index in [-0.39, 0.29) is 29.1 Å². The molecule has 8 heteroatoms. The molecule has 0 saturated carbocycles. The van der Waals surface area contributed by atoms with Gasteiger partial charge in [0.25, 0.3) is 5.91 Å². The molecule has 142 valence electrons. The topological polar surface area (TPSA) is 127 Å². The zero-order valence-electron chi connectivity index (χ0n) is 15.1. The fourth-order valence-electron chi connectivity index (χ4n) is 3.32. The molecule has 1 atom stereocenters. The van der Waals surface area contributed by atoms with Gasteiger partial charge in [0.15, 0.2) is 0 Å². The molecule has 2 heterocycles. The number of likely N-dealkylation sites (tertiary alicyclic amines) is 1. The van der Waals surface area contributed by atoms with Gasteiger partial charge in [-0.15, -0.1) is 0 Å². The number of rotatable bonds is 6. The van der Waals surface area contributed by atoms with E-state index in [1.165, 1.54) is 12.5 Å². The number of hydrogen-bond donors (Lipinski definition) is 3. The highest BCUT2D eigenvalue weighted by atomic mass is 16.2. The van der Waals surface area contributed by atoms with Gasteiger partial charge in [-0.1, -0.05) is 24.3 Å². The van der Waals surface area contributed by atoms with E-state index in [0.717, 1.165) is 37.1 Å². The van der Waals surface area contributed by atoms with Crippen molar-refractivity contribution in [2.75, 3.05) is 18.8 Å². The smallest absolute Gasteiger partial charge is 0.256 e. The fourth-order valence-corrected chi connectivity index (χ4v) is 3.32. The van der Waals surface area contributed by atoms with E-state index in [0.29, 0.717) is 13.1 Å². The Balaban J connectivity index is 1.58. The average Bonchev–Trinajstić information content (AvgIpc) is 2.67. The number of nitrogens with one attached hydrogen (secondary N) is 1. The van der Waals surface area contributed by atoms with Crippen molar-refractivity contribution in [1.29, 1.82) is 0 Å². The molecule has 0 bridgehead atoms. The summed E-state index contributed by atoms with van der Waals surface area (Å²) in [5.41, 5.74) is 13.5. The molecule has 3 rings (SSSR count). The predicted molar refractivity (Wildman–Crippen MR) is 101 cm³/mol. The maximum atomic E-state index is 12.2. The van der Waals surface area contributed by atoms with Crippen molar-refractivity contribution < 1.29 is 9.59 Å². The Morgan fingerprint density at radius 1 is 1.30 bits per heavy atom. The Bertz CT molecular complexity index is 825. The number of nitrogen functional groups attached to an aromatic ring is 1. The molecule has 1 fully saturated rings. The van der Waals surface area contributed by atoms with E-state index in [2.05, 4.69) is 26.3 Å². The highest BCUT2D eigenvalue weighted by Gasteiger charge is 2.23. The summed E-state index contributed by atoms with van der Waals surface area (Å²) in [6.07, 6.45) is 4.55. The SMILES string of the molecule is NC(=O)C1CCCN(Cc2cccc(CNC(=O)c3cncnc3N)c2)C1. The molecule has 27 heavy (non-hydrogen) atoms. The maximum absolute atomic E-state index is 12.2. The van der Waals surface area contributed by atoms with Crippen LogP contribution in [0.15, 0.2) is 36.8 Å². The summed E-state index contributed by atoms with van der Waals surface area (Å²) in [6.45, 7) is 2.79. The first-order chi connectivity index (χ1) is 13.0. The van der Waals surface area contributed by atoms with E-state index < -0.39 is 0 Å². The number of carbonyl (C=O) groups is 2. The summed E-state index contributed by atoms with van der Waals surface area (Å²) in [6, 6.07) is 8.02. The summed E-state index contributed by atoms with van der Waals surface area (Å²) in [5.74, 6) is -0.440. The molecule has 1 aliphatic heterocycles. The Morgan fingerprint density at radius 3 is 2.89 bits per heavy atom. The predicted octanol–water partition coefficient (Wildman–Crippen LogP) is 0.686. The molecule has 2 aromatic rings. The Labute approximate surface area is 158 Å². The number of piperidine rings is 1. The van der Waals surface area contributed by atoms with Crippen molar-refractivity contribution in [3.05, 3.63) is 53.5 Å².